The zero-order chi connectivity index (χ0) is 21.0. The van der Waals surface area contributed by atoms with Crippen molar-refractivity contribution in [3.8, 4) is 11.3 Å². The average molecular weight is 417 g/mol. The molecule has 0 amide bonds. The van der Waals surface area contributed by atoms with Crippen LogP contribution in [0.3, 0.4) is 0 Å². The zero-order valence-corrected chi connectivity index (χ0v) is 17.8. The number of nitrogens with zero attached hydrogens (tertiary/aromatic N) is 3. The Bertz CT molecular complexity index is 1050. The van der Waals surface area contributed by atoms with Gasteiger partial charge in [0, 0.05) is 5.56 Å². The van der Waals surface area contributed by atoms with Crippen LogP contribution in [0.15, 0.2) is 36.5 Å². The van der Waals surface area contributed by atoms with Gasteiger partial charge in [-0.05, 0) is 27.7 Å². The molecular weight excluding hydrogens is 393 g/mol. The van der Waals surface area contributed by atoms with Crippen LogP contribution in [0.5, 0.6) is 0 Å². The number of carbonyl (C=O) groups is 1. The molecule has 0 saturated heterocycles. The first-order valence-corrected chi connectivity index (χ1v) is 11.0. The van der Waals surface area contributed by atoms with E-state index < -0.39 is 13.6 Å². The highest BCUT2D eigenvalue weighted by Crippen LogP contribution is 2.49. The Labute approximate surface area is 169 Å². The Morgan fingerprint density at radius 1 is 1.07 bits per heavy atom. The maximum atomic E-state index is 13.6. The van der Waals surface area contributed by atoms with Crippen LogP contribution in [0.2, 0.25) is 0 Å². The van der Waals surface area contributed by atoms with E-state index in [-0.39, 0.29) is 36.3 Å². The summed E-state index contributed by atoms with van der Waals surface area (Å²) in [7, 11) is -3.82. The minimum Gasteiger partial charge on any atom is -0.462 e. The van der Waals surface area contributed by atoms with Crippen molar-refractivity contribution in [1.29, 1.82) is 0 Å². The third-order valence-corrected chi connectivity index (χ3v) is 6.43. The fourth-order valence-corrected chi connectivity index (χ4v) is 5.03. The average Bonchev–Trinajstić information content (AvgIpc) is 3.02. The molecule has 29 heavy (non-hydrogen) atoms. The van der Waals surface area contributed by atoms with Gasteiger partial charge in [0.05, 0.1) is 31.7 Å². The molecule has 2 aromatic heterocycles. The number of hydrogen-bond acceptors (Lipinski definition) is 7. The smallest absolute Gasteiger partial charge is 0.366 e. The topological polar surface area (TPSA) is 92.0 Å². The molecule has 0 fully saturated rings. The molecule has 0 atom stereocenters. The van der Waals surface area contributed by atoms with E-state index in [1.54, 1.807) is 33.9 Å². The van der Waals surface area contributed by atoms with Crippen molar-refractivity contribution in [1.82, 2.24) is 14.6 Å². The van der Waals surface area contributed by atoms with E-state index in [1.165, 1.54) is 4.52 Å². The van der Waals surface area contributed by atoms with E-state index in [9.17, 15) is 9.36 Å². The van der Waals surface area contributed by atoms with Gasteiger partial charge in [-0.15, -0.1) is 0 Å². The van der Waals surface area contributed by atoms with Crippen molar-refractivity contribution in [2.75, 3.05) is 19.8 Å². The van der Waals surface area contributed by atoms with Crippen molar-refractivity contribution in [3.63, 3.8) is 0 Å². The van der Waals surface area contributed by atoms with E-state index in [2.05, 4.69) is 10.1 Å². The zero-order valence-electron chi connectivity index (χ0n) is 16.9. The maximum absolute atomic E-state index is 13.6. The predicted molar refractivity (Wildman–Crippen MR) is 110 cm³/mol. The van der Waals surface area contributed by atoms with Gasteiger partial charge in [0.1, 0.15) is 16.6 Å². The second-order valence-electron chi connectivity index (χ2n) is 6.11. The second-order valence-corrected chi connectivity index (χ2v) is 8.07. The molecule has 0 aliphatic rings. The standard InChI is InChI=1S/C20H24N3O5P/c1-5-26-20(24)17-14(4)23-19(18(17)29(25,27-6-2)28-7-3)21-13-16(22-23)15-11-9-8-10-12-15/h8-13H,5-7H2,1-4H3. The van der Waals surface area contributed by atoms with Crippen LogP contribution in [0.25, 0.3) is 16.9 Å². The lowest BCUT2D eigenvalue weighted by atomic mass is 10.2. The van der Waals surface area contributed by atoms with E-state index in [0.717, 1.165) is 5.56 Å². The van der Waals surface area contributed by atoms with E-state index in [0.29, 0.717) is 11.4 Å². The Morgan fingerprint density at radius 2 is 1.72 bits per heavy atom. The summed E-state index contributed by atoms with van der Waals surface area (Å²) in [5.74, 6) is -0.617. The van der Waals surface area contributed by atoms with Crippen molar-refractivity contribution in [3.05, 3.63) is 47.8 Å². The first-order chi connectivity index (χ1) is 14.0. The van der Waals surface area contributed by atoms with Gasteiger partial charge in [0.25, 0.3) is 0 Å². The summed E-state index contributed by atoms with van der Waals surface area (Å²) in [5, 5.41) is 4.70. The summed E-state index contributed by atoms with van der Waals surface area (Å²) < 4.78 is 31.3. The van der Waals surface area contributed by atoms with Gasteiger partial charge in [0.15, 0.2) is 5.65 Å². The Balaban J connectivity index is 2.31. The molecule has 0 radical (unpaired) electrons. The lowest BCUT2D eigenvalue weighted by molar-refractivity contribution is 0.0526. The van der Waals surface area contributed by atoms with Crippen molar-refractivity contribution in [2.24, 2.45) is 0 Å². The molecule has 9 heteroatoms. The van der Waals surface area contributed by atoms with Gasteiger partial charge in [-0.25, -0.2) is 14.3 Å². The van der Waals surface area contributed by atoms with Crippen LogP contribution in [0.4, 0.5) is 0 Å². The number of fused-ring (bicyclic) bond motifs is 1. The summed E-state index contributed by atoms with van der Waals surface area (Å²) in [6, 6.07) is 9.53. The highest BCUT2D eigenvalue weighted by Gasteiger charge is 2.39. The summed E-state index contributed by atoms with van der Waals surface area (Å²) in [6.07, 6.45) is 1.57. The van der Waals surface area contributed by atoms with Crippen LogP contribution in [-0.4, -0.2) is 40.4 Å². The number of carbonyl (C=O) groups excluding carboxylic acids is 1. The van der Waals surface area contributed by atoms with Crippen LogP contribution >= 0.6 is 7.60 Å². The third kappa shape index (κ3) is 3.96. The number of aryl methyl sites for hydroxylation is 1. The molecular formula is C20H24N3O5P. The lowest BCUT2D eigenvalue weighted by Gasteiger charge is -2.17. The second kappa shape index (κ2) is 8.86. The SMILES string of the molecule is CCOC(=O)c1c(P(=O)(OCC)OCC)c2ncc(-c3ccccc3)nn2c1C. The molecule has 0 spiro atoms. The molecule has 0 bridgehead atoms. The molecule has 2 heterocycles. The normalized spacial score (nSPS) is 11.7. The highest BCUT2D eigenvalue weighted by atomic mass is 31.2. The van der Waals surface area contributed by atoms with Gasteiger partial charge < -0.3 is 13.8 Å². The summed E-state index contributed by atoms with van der Waals surface area (Å²) in [5.41, 5.74) is 2.30. The molecule has 0 unspecified atom stereocenters. The monoisotopic (exact) mass is 417 g/mol. The minimum atomic E-state index is -3.82. The number of ether oxygens (including phenoxy) is 1. The maximum Gasteiger partial charge on any atom is 0.366 e. The van der Waals surface area contributed by atoms with Gasteiger partial charge in [0.2, 0.25) is 0 Å². The number of benzene rings is 1. The molecule has 8 nitrogen and oxygen atoms in total. The van der Waals surface area contributed by atoms with Gasteiger partial charge in [-0.2, -0.15) is 5.10 Å². The van der Waals surface area contributed by atoms with Crippen molar-refractivity contribution < 1.29 is 23.1 Å². The Kier molecular flexibility index (Phi) is 6.47. The molecule has 0 aliphatic heterocycles. The highest BCUT2D eigenvalue weighted by molar-refractivity contribution is 7.63. The van der Waals surface area contributed by atoms with Crippen LogP contribution < -0.4 is 5.30 Å². The first kappa shape index (κ1) is 21.2. The fourth-order valence-electron chi connectivity index (χ4n) is 3.10. The van der Waals surface area contributed by atoms with Gasteiger partial charge >= 0.3 is 13.6 Å². The Hall–Kier alpha value is -2.54. The number of aromatic nitrogens is 3. The lowest BCUT2D eigenvalue weighted by Crippen LogP contribution is -2.20. The molecule has 3 aromatic rings. The largest absolute Gasteiger partial charge is 0.462 e. The molecule has 0 aliphatic carbocycles. The van der Waals surface area contributed by atoms with Gasteiger partial charge in [-0.1, -0.05) is 30.3 Å². The van der Waals surface area contributed by atoms with Crippen molar-refractivity contribution >= 4 is 24.5 Å². The van der Waals surface area contributed by atoms with Gasteiger partial charge in [-0.3, -0.25) is 4.57 Å². The number of esters is 1. The van der Waals surface area contributed by atoms with Crippen LogP contribution in [0.1, 0.15) is 36.8 Å². The quantitative estimate of drug-likeness (QED) is 0.407. The fraction of sp³-hybridized carbons (Fsp3) is 0.350. The summed E-state index contributed by atoms with van der Waals surface area (Å²) >= 11 is 0. The van der Waals surface area contributed by atoms with E-state index in [4.69, 9.17) is 13.8 Å². The van der Waals surface area contributed by atoms with E-state index in [1.807, 2.05) is 30.3 Å². The predicted octanol–water partition coefficient (Wildman–Crippen LogP) is 3.77. The van der Waals surface area contributed by atoms with E-state index >= 15 is 0 Å². The van der Waals surface area contributed by atoms with Crippen LogP contribution in [0, 0.1) is 6.92 Å². The number of rotatable bonds is 8. The summed E-state index contributed by atoms with van der Waals surface area (Å²) in [6.45, 7) is 7.29. The van der Waals surface area contributed by atoms with Crippen LogP contribution in [-0.2, 0) is 18.3 Å². The Morgan fingerprint density at radius 3 is 2.31 bits per heavy atom. The first-order valence-electron chi connectivity index (χ1n) is 9.47. The third-order valence-electron chi connectivity index (χ3n) is 4.27. The number of hydrogen-bond donors (Lipinski definition) is 0. The molecule has 0 saturated carbocycles. The molecule has 0 N–H and O–H groups in total. The minimum absolute atomic E-state index is 0.0873. The van der Waals surface area contributed by atoms with Crippen molar-refractivity contribution in [2.45, 2.75) is 27.7 Å². The molecule has 154 valence electrons. The molecule has 1 aromatic carbocycles. The molecule has 3 rings (SSSR count). The summed E-state index contributed by atoms with van der Waals surface area (Å²) in [4.78, 5) is 17.2.